The summed E-state index contributed by atoms with van der Waals surface area (Å²) in [5.74, 6) is 0.812. The Bertz CT molecular complexity index is 561. The zero-order valence-corrected chi connectivity index (χ0v) is 13.6. The number of hydrogen-bond acceptors (Lipinski definition) is 5. The highest BCUT2D eigenvalue weighted by Crippen LogP contribution is 2.13. The summed E-state index contributed by atoms with van der Waals surface area (Å²) in [6, 6.07) is 2.55. The maximum Gasteiger partial charge on any atom is 0.241 e. The molecule has 0 aliphatic carbocycles. The van der Waals surface area contributed by atoms with Gasteiger partial charge >= 0.3 is 0 Å². The van der Waals surface area contributed by atoms with Gasteiger partial charge in [-0.1, -0.05) is 6.92 Å². The Hall–Kier alpha value is -0.990. The normalized spacial score (nSPS) is 14.8. The van der Waals surface area contributed by atoms with E-state index in [0.29, 0.717) is 5.82 Å². The van der Waals surface area contributed by atoms with Crippen molar-refractivity contribution in [3.8, 4) is 0 Å². The average Bonchev–Trinajstić information content (AvgIpc) is 2.35. The first-order valence-corrected chi connectivity index (χ1v) is 9.58. The van der Waals surface area contributed by atoms with Crippen LogP contribution < -0.4 is 10.0 Å². The Morgan fingerprint density at radius 2 is 2.15 bits per heavy atom. The number of sulfonamides is 1. The van der Waals surface area contributed by atoms with Gasteiger partial charge in [0.1, 0.15) is 5.82 Å². The van der Waals surface area contributed by atoms with Crippen molar-refractivity contribution in [2.75, 3.05) is 23.9 Å². The van der Waals surface area contributed by atoms with Crippen LogP contribution in [0.4, 0.5) is 5.82 Å². The molecule has 0 fully saturated rings. The minimum Gasteiger partial charge on any atom is -0.370 e. The van der Waals surface area contributed by atoms with Gasteiger partial charge < -0.3 is 5.32 Å². The van der Waals surface area contributed by atoms with Crippen LogP contribution in [0.2, 0.25) is 0 Å². The Morgan fingerprint density at radius 3 is 2.75 bits per heavy atom. The van der Waals surface area contributed by atoms with Gasteiger partial charge in [0.25, 0.3) is 0 Å². The number of anilines is 1. The third kappa shape index (κ3) is 5.56. The molecule has 2 N–H and O–H groups in total. The molecule has 0 spiro atoms. The van der Waals surface area contributed by atoms with Gasteiger partial charge in [0.15, 0.2) is 0 Å². The molecule has 0 saturated carbocycles. The third-order valence-electron chi connectivity index (χ3n) is 2.44. The quantitative estimate of drug-likeness (QED) is 0.745. The smallest absolute Gasteiger partial charge is 0.241 e. The van der Waals surface area contributed by atoms with Crippen LogP contribution >= 0.6 is 0 Å². The summed E-state index contributed by atoms with van der Waals surface area (Å²) in [6.07, 6.45) is 3.93. The van der Waals surface area contributed by atoms with E-state index >= 15 is 0 Å². The number of nitrogens with one attached hydrogen (secondary N) is 2. The summed E-state index contributed by atoms with van der Waals surface area (Å²) >= 11 is 0. The number of nitrogens with zero attached hydrogens (tertiary/aromatic N) is 1. The number of pyridine rings is 1. The lowest BCUT2D eigenvalue weighted by atomic mass is 10.4. The zero-order chi connectivity index (χ0) is 15.2. The molecule has 0 aliphatic rings. The van der Waals surface area contributed by atoms with Crippen molar-refractivity contribution in [1.29, 1.82) is 0 Å². The summed E-state index contributed by atoms with van der Waals surface area (Å²) < 4.78 is 38.0. The highest BCUT2D eigenvalue weighted by atomic mass is 32.2. The molecule has 8 heteroatoms. The van der Waals surface area contributed by atoms with Crippen molar-refractivity contribution < 1.29 is 12.6 Å². The molecule has 2 atom stereocenters. The third-order valence-corrected chi connectivity index (χ3v) is 5.00. The second-order valence-corrected chi connectivity index (χ2v) is 7.76. The van der Waals surface area contributed by atoms with Gasteiger partial charge in [-0.05, 0) is 19.4 Å². The molecule has 20 heavy (non-hydrogen) atoms. The highest BCUT2D eigenvalue weighted by Gasteiger charge is 2.18. The lowest BCUT2D eigenvalue weighted by molar-refractivity contribution is 0.570. The van der Waals surface area contributed by atoms with Crippen molar-refractivity contribution in [2.45, 2.75) is 31.2 Å². The molecule has 2 unspecified atom stereocenters. The van der Waals surface area contributed by atoms with Gasteiger partial charge in [-0.2, -0.15) is 0 Å². The molecule has 0 aliphatic heterocycles. The van der Waals surface area contributed by atoms with Crippen molar-refractivity contribution in [3.63, 3.8) is 0 Å². The number of aromatic nitrogens is 1. The Kier molecular flexibility index (Phi) is 6.57. The van der Waals surface area contributed by atoms with Crippen molar-refractivity contribution in [3.05, 3.63) is 18.3 Å². The first-order valence-electron chi connectivity index (χ1n) is 6.37. The van der Waals surface area contributed by atoms with Crippen LogP contribution in [0.25, 0.3) is 0 Å². The number of rotatable bonds is 8. The van der Waals surface area contributed by atoms with E-state index in [-0.39, 0.29) is 16.7 Å². The average molecular weight is 319 g/mol. The fourth-order valence-electron chi connectivity index (χ4n) is 1.65. The van der Waals surface area contributed by atoms with E-state index < -0.39 is 20.8 Å². The fourth-order valence-corrected chi connectivity index (χ4v) is 3.80. The van der Waals surface area contributed by atoms with Gasteiger partial charge in [0.05, 0.1) is 4.90 Å². The van der Waals surface area contributed by atoms with Crippen LogP contribution in [0, 0.1) is 0 Å². The zero-order valence-electron chi connectivity index (χ0n) is 11.9. The van der Waals surface area contributed by atoms with Crippen molar-refractivity contribution in [2.24, 2.45) is 0 Å². The summed E-state index contributed by atoms with van der Waals surface area (Å²) in [6.45, 7) is 4.44. The van der Waals surface area contributed by atoms with Crippen LogP contribution in [0.1, 0.15) is 20.3 Å². The topological polar surface area (TPSA) is 88.2 Å². The van der Waals surface area contributed by atoms with Crippen molar-refractivity contribution >= 4 is 26.6 Å². The lowest BCUT2D eigenvalue weighted by Crippen LogP contribution is -2.36. The highest BCUT2D eigenvalue weighted by molar-refractivity contribution is 7.89. The van der Waals surface area contributed by atoms with E-state index in [9.17, 15) is 12.6 Å². The van der Waals surface area contributed by atoms with Crippen LogP contribution in [0.15, 0.2) is 23.2 Å². The van der Waals surface area contributed by atoms with E-state index in [1.807, 2.05) is 6.92 Å². The minimum atomic E-state index is -3.62. The lowest BCUT2D eigenvalue weighted by Gasteiger charge is -2.13. The van der Waals surface area contributed by atoms with Crippen molar-refractivity contribution in [1.82, 2.24) is 9.71 Å². The molecule has 0 aromatic carbocycles. The molecule has 0 amide bonds. The number of hydrogen-bond donors (Lipinski definition) is 2. The maximum atomic E-state index is 12.2. The second kappa shape index (κ2) is 7.70. The maximum absolute atomic E-state index is 12.2. The molecule has 1 aromatic rings. The monoisotopic (exact) mass is 319 g/mol. The predicted molar refractivity (Wildman–Crippen MR) is 81.7 cm³/mol. The van der Waals surface area contributed by atoms with Gasteiger partial charge in [-0.15, -0.1) is 0 Å². The molecular formula is C12H21N3O3S2. The fraction of sp³-hybridized carbons (Fsp3) is 0.583. The molecule has 114 valence electrons. The van der Waals surface area contributed by atoms with E-state index in [1.165, 1.54) is 18.3 Å². The van der Waals surface area contributed by atoms with Crippen LogP contribution in [-0.2, 0) is 20.8 Å². The van der Waals surface area contributed by atoms with Gasteiger partial charge in [0, 0.05) is 47.7 Å². The predicted octanol–water partition coefficient (Wildman–Crippen LogP) is 0.949. The van der Waals surface area contributed by atoms with Gasteiger partial charge in [0.2, 0.25) is 10.0 Å². The van der Waals surface area contributed by atoms with Gasteiger partial charge in [-0.25, -0.2) is 18.1 Å². The molecular weight excluding hydrogens is 298 g/mol. The minimum absolute atomic E-state index is 0.153. The molecule has 1 rings (SSSR count). The van der Waals surface area contributed by atoms with E-state index in [0.717, 1.165) is 13.0 Å². The summed E-state index contributed by atoms with van der Waals surface area (Å²) in [5, 5.41) is 3.04. The molecule has 0 saturated heterocycles. The Labute approximate surface area is 122 Å². The molecule has 0 radical (unpaired) electrons. The largest absolute Gasteiger partial charge is 0.370 e. The SMILES string of the molecule is CCCNc1cc(S(=O)(=O)NC(C)CS(C)=O)ccn1. The van der Waals surface area contributed by atoms with Crippen LogP contribution in [0.5, 0.6) is 0 Å². The first kappa shape index (κ1) is 17.1. The molecule has 0 bridgehead atoms. The summed E-state index contributed by atoms with van der Waals surface area (Å²) in [7, 11) is -4.66. The van der Waals surface area contributed by atoms with Crippen LogP contribution in [-0.4, -0.2) is 42.2 Å². The second-order valence-electron chi connectivity index (χ2n) is 4.57. The van der Waals surface area contributed by atoms with E-state index in [4.69, 9.17) is 0 Å². The van der Waals surface area contributed by atoms with E-state index in [2.05, 4.69) is 15.0 Å². The van der Waals surface area contributed by atoms with Gasteiger partial charge in [-0.3, -0.25) is 4.21 Å². The Morgan fingerprint density at radius 1 is 1.45 bits per heavy atom. The molecule has 1 aromatic heterocycles. The van der Waals surface area contributed by atoms with Crippen LogP contribution in [0.3, 0.4) is 0 Å². The van der Waals surface area contributed by atoms with E-state index in [1.54, 1.807) is 13.2 Å². The summed E-state index contributed by atoms with van der Waals surface area (Å²) in [4.78, 5) is 4.22. The molecule has 6 nitrogen and oxygen atoms in total. The first-order chi connectivity index (χ1) is 9.35. The molecule has 1 heterocycles. The summed E-state index contributed by atoms with van der Waals surface area (Å²) in [5.41, 5.74) is 0. The standard InChI is InChI=1S/C12H21N3O3S2/c1-4-6-13-12-8-11(5-7-14-12)20(17,18)15-10(2)9-19(3)16/h5,7-8,10,15H,4,6,9H2,1-3H3,(H,13,14). The Balaban J connectivity index is 2.83.